The maximum Gasteiger partial charge on any atom is 0.328 e. The molecule has 0 aromatic heterocycles. The third-order valence-electron chi connectivity index (χ3n) is 4.10. The van der Waals surface area contributed by atoms with E-state index in [9.17, 15) is 9.59 Å². The van der Waals surface area contributed by atoms with Gasteiger partial charge in [0, 0.05) is 12.0 Å². The molecular formula is C21H21NO5. The van der Waals surface area contributed by atoms with Crippen molar-refractivity contribution >= 4 is 11.9 Å². The summed E-state index contributed by atoms with van der Waals surface area (Å²) in [4.78, 5) is 24.4. The average Bonchev–Trinajstić information content (AvgIpc) is 3.14. The zero-order valence-corrected chi connectivity index (χ0v) is 15.1. The molecule has 0 saturated carbocycles. The Balaban J connectivity index is 1.48. The summed E-state index contributed by atoms with van der Waals surface area (Å²) in [5.41, 5.74) is 2.10. The highest BCUT2D eigenvalue weighted by Gasteiger charge is 2.20. The van der Waals surface area contributed by atoms with Gasteiger partial charge in [-0.2, -0.15) is 0 Å². The zero-order valence-electron chi connectivity index (χ0n) is 15.1. The van der Waals surface area contributed by atoms with Gasteiger partial charge in [0.15, 0.2) is 11.5 Å². The second kappa shape index (κ2) is 8.40. The third-order valence-corrected chi connectivity index (χ3v) is 4.10. The quantitative estimate of drug-likeness (QED) is 0.600. The molecule has 1 aliphatic heterocycles. The van der Waals surface area contributed by atoms with Crippen LogP contribution < -0.4 is 14.8 Å². The predicted octanol–water partition coefficient (Wildman–Crippen LogP) is 2.76. The van der Waals surface area contributed by atoms with Crippen molar-refractivity contribution in [1.29, 1.82) is 0 Å². The van der Waals surface area contributed by atoms with Gasteiger partial charge in [0.2, 0.25) is 12.7 Å². The van der Waals surface area contributed by atoms with Gasteiger partial charge in [0.05, 0.1) is 0 Å². The van der Waals surface area contributed by atoms with Crippen molar-refractivity contribution in [1.82, 2.24) is 5.32 Å². The Hall–Kier alpha value is -3.28. The molecule has 0 bridgehead atoms. The van der Waals surface area contributed by atoms with Crippen LogP contribution in [0.2, 0.25) is 0 Å². The van der Waals surface area contributed by atoms with E-state index in [0.717, 1.165) is 11.1 Å². The summed E-state index contributed by atoms with van der Waals surface area (Å²) >= 11 is 0. The maximum absolute atomic E-state index is 12.3. The van der Waals surface area contributed by atoms with Crippen molar-refractivity contribution in [3.8, 4) is 11.5 Å². The third kappa shape index (κ3) is 4.88. The molecule has 2 aromatic rings. The lowest BCUT2D eigenvalue weighted by molar-refractivity contribution is -0.148. The molecule has 1 atom stereocenters. The minimum absolute atomic E-state index is 0.165. The number of amides is 1. The van der Waals surface area contributed by atoms with E-state index in [1.165, 1.54) is 0 Å². The van der Waals surface area contributed by atoms with Gasteiger partial charge in [0.25, 0.3) is 0 Å². The molecule has 0 unspecified atom stereocenters. The molecule has 0 aliphatic carbocycles. The molecule has 0 radical (unpaired) electrons. The van der Waals surface area contributed by atoms with Gasteiger partial charge >= 0.3 is 5.97 Å². The fourth-order valence-corrected chi connectivity index (χ4v) is 2.59. The molecule has 0 fully saturated rings. The van der Waals surface area contributed by atoms with Crippen LogP contribution in [0.1, 0.15) is 18.1 Å². The number of fused-ring (bicyclic) bond motifs is 1. The van der Waals surface area contributed by atoms with E-state index in [4.69, 9.17) is 14.2 Å². The summed E-state index contributed by atoms with van der Waals surface area (Å²) < 4.78 is 15.8. The van der Waals surface area contributed by atoms with Crippen molar-refractivity contribution in [2.24, 2.45) is 0 Å². The Morgan fingerprint density at radius 1 is 1.19 bits per heavy atom. The Morgan fingerprint density at radius 3 is 2.70 bits per heavy atom. The summed E-state index contributed by atoms with van der Waals surface area (Å²) in [6, 6.07) is 14.1. The average molecular weight is 369 g/mol. The lowest BCUT2D eigenvalue weighted by Gasteiger charge is -2.14. The summed E-state index contributed by atoms with van der Waals surface area (Å²) in [6.45, 7) is 5.76. The molecule has 1 aliphatic rings. The molecule has 6 nitrogen and oxygen atoms in total. The minimum atomic E-state index is -0.769. The van der Waals surface area contributed by atoms with Crippen molar-refractivity contribution in [3.63, 3.8) is 0 Å². The standard InChI is InChI=1S/C21H21NO5/c1-14(10-17-8-9-18-19(11-17)27-13-26-18)20(23)22-15(2)21(24)25-12-16-6-4-3-5-7-16/h3-9,11,15H,1,10,12-13H2,2H3,(H,22,23)/t15-/m0/s1/i10+2. The van der Waals surface area contributed by atoms with Crippen LogP contribution in [-0.2, 0) is 27.4 Å². The van der Waals surface area contributed by atoms with Crippen molar-refractivity contribution in [3.05, 3.63) is 71.8 Å². The first-order valence-electron chi connectivity index (χ1n) is 8.60. The lowest BCUT2D eigenvalue weighted by atomic mass is 10.2. The van der Waals surface area contributed by atoms with Gasteiger partial charge in [0.1, 0.15) is 12.6 Å². The number of nitrogens with one attached hydrogen (secondary N) is 1. The number of esters is 1. The summed E-state index contributed by atoms with van der Waals surface area (Å²) in [6.07, 6.45) is 0.342. The fraction of sp³-hybridized carbons (Fsp3) is 0.238. The number of hydrogen-bond acceptors (Lipinski definition) is 5. The van der Waals surface area contributed by atoms with Gasteiger partial charge in [-0.05, 0) is 30.2 Å². The van der Waals surface area contributed by atoms with Gasteiger partial charge in [-0.15, -0.1) is 0 Å². The first-order chi connectivity index (χ1) is 13.0. The molecule has 0 spiro atoms. The van der Waals surface area contributed by atoms with Gasteiger partial charge in [-0.3, -0.25) is 4.79 Å². The van der Waals surface area contributed by atoms with Crippen LogP contribution in [0, 0.1) is 0 Å². The van der Waals surface area contributed by atoms with E-state index in [1.54, 1.807) is 13.0 Å². The van der Waals surface area contributed by atoms with Crippen molar-refractivity contribution in [2.45, 2.75) is 26.0 Å². The zero-order chi connectivity index (χ0) is 19.2. The van der Waals surface area contributed by atoms with E-state index in [0.29, 0.717) is 23.5 Å². The van der Waals surface area contributed by atoms with Gasteiger partial charge < -0.3 is 19.5 Å². The van der Waals surface area contributed by atoms with E-state index >= 15 is 0 Å². The maximum atomic E-state index is 12.3. The molecule has 1 heterocycles. The SMILES string of the molecule is C=C([14CH2]c1ccc2c(c1)OCO2)C(=O)N[C@@H](C)C(=O)OCc1ccccc1. The molecule has 27 heavy (non-hydrogen) atoms. The largest absolute Gasteiger partial charge is 0.459 e. The predicted molar refractivity (Wildman–Crippen MR) is 99.3 cm³/mol. The van der Waals surface area contributed by atoms with Crippen molar-refractivity contribution < 1.29 is 23.8 Å². The molecule has 3 rings (SSSR count). The number of ether oxygens (including phenoxy) is 3. The molecule has 1 N–H and O–H groups in total. The Kier molecular flexibility index (Phi) is 5.76. The second-order valence-corrected chi connectivity index (χ2v) is 6.26. The number of carbonyl (C=O) groups excluding carboxylic acids is 2. The minimum Gasteiger partial charge on any atom is -0.459 e. The highest BCUT2D eigenvalue weighted by atomic mass is 16.7. The van der Waals surface area contributed by atoms with Crippen LogP contribution in [0.15, 0.2) is 60.7 Å². The molecule has 0 saturated heterocycles. The van der Waals surface area contributed by atoms with Crippen molar-refractivity contribution in [2.75, 3.05) is 6.79 Å². The monoisotopic (exact) mass is 369 g/mol. The Morgan fingerprint density at radius 2 is 1.93 bits per heavy atom. The van der Waals surface area contributed by atoms with Crippen LogP contribution in [0.25, 0.3) is 0 Å². The topological polar surface area (TPSA) is 73.9 Å². The highest BCUT2D eigenvalue weighted by Crippen LogP contribution is 2.32. The van der Waals surface area contributed by atoms with E-state index in [-0.39, 0.29) is 13.4 Å². The Bertz CT molecular complexity index is 847. The van der Waals surface area contributed by atoms with Crippen LogP contribution in [0.5, 0.6) is 11.5 Å². The number of hydrogen-bond donors (Lipinski definition) is 1. The van der Waals surface area contributed by atoms with Gasteiger partial charge in [-0.25, -0.2) is 4.79 Å². The van der Waals surface area contributed by atoms with Crippen LogP contribution in [0.4, 0.5) is 0 Å². The Labute approximate surface area is 157 Å². The molecule has 140 valence electrons. The summed E-state index contributed by atoms with van der Waals surface area (Å²) in [7, 11) is 0. The van der Waals surface area contributed by atoms with E-state index in [2.05, 4.69) is 11.9 Å². The summed E-state index contributed by atoms with van der Waals surface area (Å²) in [5.74, 6) is 0.446. The normalized spacial score (nSPS) is 12.9. The number of benzene rings is 2. The lowest BCUT2D eigenvalue weighted by Crippen LogP contribution is -2.40. The van der Waals surface area contributed by atoms with Gasteiger partial charge in [-0.1, -0.05) is 43.0 Å². The smallest absolute Gasteiger partial charge is 0.328 e. The summed E-state index contributed by atoms with van der Waals surface area (Å²) in [5, 5.41) is 2.62. The van der Waals surface area contributed by atoms with Crippen LogP contribution >= 0.6 is 0 Å². The van der Waals surface area contributed by atoms with E-state index in [1.807, 2.05) is 42.5 Å². The highest BCUT2D eigenvalue weighted by molar-refractivity contribution is 5.95. The van der Waals surface area contributed by atoms with Crippen LogP contribution in [0.3, 0.4) is 0 Å². The van der Waals surface area contributed by atoms with E-state index < -0.39 is 17.9 Å². The molecule has 6 heteroatoms. The second-order valence-electron chi connectivity index (χ2n) is 6.26. The first-order valence-corrected chi connectivity index (χ1v) is 8.60. The number of rotatable bonds is 7. The first kappa shape index (κ1) is 18.5. The molecular weight excluding hydrogens is 348 g/mol. The van der Waals surface area contributed by atoms with Crippen LogP contribution in [-0.4, -0.2) is 24.7 Å². The molecule has 1 amide bonds. The molecule has 2 aromatic carbocycles. The fourth-order valence-electron chi connectivity index (χ4n) is 2.59. The number of carbonyl (C=O) groups is 2.